The van der Waals surface area contributed by atoms with Gasteiger partial charge in [-0.05, 0) is 31.0 Å². The zero-order chi connectivity index (χ0) is 12.9. The molecule has 0 fully saturated rings. The second kappa shape index (κ2) is 6.12. The summed E-state index contributed by atoms with van der Waals surface area (Å²) in [6.07, 6.45) is 0.909. The molecule has 2 nitrogen and oxygen atoms in total. The minimum absolute atomic E-state index is 0.0862. The van der Waals surface area contributed by atoms with Crippen molar-refractivity contribution in [1.29, 1.82) is 0 Å². The quantitative estimate of drug-likeness (QED) is 0.800. The van der Waals surface area contributed by atoms with Gasteiger partial charge in [-0.2, -0.15) is 0 Å². The van der Waals surface area contributed by atoms with Crippen LogP contribution in [0.25, 0.3) is 0 Å². The summed E-state index contributed by atoms with van der Waals surface area (Å²) in [4.78, 5) is 0. The highest BCUT2D eigenvalue weighted by Gasteiger charge is 2.21. The minimum Gasteiger partial charge on any atom is -0.396 e. The van der Waals surface area contributed by atoms with Gasteiger partial charge in [-0.3, -0.25) is 0 Å². The maximum Gasteiger partial charge on any atom is 0.123 e. The number of hydrogen-bond donors (Lipinski definition) is 2. The van der Waals surface area contributed by atoms with E-state index in [1.54, 1.807) is 12.1 Å². The van der Waals surface area contributed by atoms with Crippen LogP contribution in [0.1, 0.15) is 38.8 Å². The molecule has 0 aliphatic rings. The Morgan fingerprint density at radius 3 is 2.71 bits per heavy atom. The van der Waals surface area contributed by atoms with Crippen molar-refractivity contribution in [2.24, 2.45) is 5.41 Å². The van der Waals surface area contributed by atoms with E-state index in [2.05, 4.69) is 12.2 Å². The van der Waals surface area contributed by atoms with Gasteiger partial charge in [0.15, 0.2) is 0 Å². The van der Waals surface area contributed by atoms with Crippen molar-refractivity contribution in [2.75, 3.05) is 13.2 Å². The van der Waals surface area contributed by atoms with Crippen molar-refractivity contribution in [3.63, 3.8) is 0 Å². The smallest absolute Gasteiger partial charge is 0.123 e. The van der Waals surface area contributed by atoms with E-state index in [-0.39, 0.29) is 23.9 Å². The van der Waals surface area contributed by atoms with Gasteiger partial charge in [0, 0.05) is 24.6 Å². The molecule has 0 radical (unpaired) electrons. The number of aliphatic hydroxyl groups excluding tert-OH is 1. The highest BCUT2D eigenvalue weighted by Crippen LogP contribution is 2.21. The maximum atomic E-state index is 13.1. The fourth-order valence-corrected chi connectivity index (χ4v) is 1.59. The van der Waals surface area contributed by atoms with Crippen molar-refractivity contribution < 1.29 is 9.50 Å². The molecule has 0 aliphatic heterocycles. The third kappa shape index (κ3) is 4.10. The average molecular weight is 239 g/mol. The number of rotatable bonds is 6. The zero-order valence-electron chi connectivity index (χ0n) is 10.8. The van der Waals surface area contributed by atoms with Crippen LogP contribution in [0.2, 0.25) is 0 Å². The summed E-state index contributed by atoms with van der Waals surface area (Å²) in [6, 6.07) is 6.69. The van der Waals surface area contributed by atoms with Gasteiger partial charge < -0.3 is 10.4 Å². The molecule has 96 valence electrons. The normalized spacial score (nSPS) is 16.5. The van der Waals surface area contributed by atoms with E-state index in [0.29, 0.717) is 0 Å². The van der Waals surface area contributed by atoms with E-state index >= 15 is 0 Å². The van der Waals surface area contributed by atoms with Gasteiger partial charge in [-0.1, -0.05) is 26.0 Å². The first-order valence-electron chi connectivity index (χ1n) is 6.10. The molecule has 0 aliphatic carbocycles. The monoisotopic (exact) mass is 239 g/mol. The number of nitrogens with one attached hydrogen (secondary N) is 1. The Morgan fingerprint density at radius 2 is 2.18 bits per heavy atom. The Hall–Kier alpha value is -0.930. The first-order chi connectivity index (χ1) is 8.00. The summed E-state index contributed by atoms with van der Waals surface area (Å²) in [6.45, 7) is 6.98. The second-order valence-corrected chi connectivity index (χ2v) is 4.98. The molecule has 1 aromatic rings. The van der Waals surface area contributed by atoms with Crippen molar-refractivity contribution >= 4 is 0 Å². The molecule has 2 unspecified atom stereocenters. The molecule has 0 saturated heterocycles. The summed E-state index contributed by atoms with van der Waals surface area (Å²) in [5.74, 6) is -0.212. The van der Waals surface area contributed by atoms with Crippen molar-refractivity contribution in [2.45, 2.75) is 33.2 Å². The molecule has 3 heteroatoms. The highest BCUT2D eigenvalue weighted by atomic mass is 19.1. The summed E-state index contributed by atoms with van der Waals surface area (Å²) in [7, 11) is 0. The van der Waals surface area contributed by atoms with E-state index in [1.807, 2.05) is 19.9 Å². The number of halogens is 1. The van der Waals surface area contributed by atoms with E-state index < -0.39 is 0 Å². The van der Waals surface area contributed by atoms with Crippen LogP contribution in [0.4, 0.5) is 4.39 Å². The Morgan fingerprint density at radius 1 is 1.47 bits per heavy atom. The van der Waals surface area contributed by atoms with E-state index in [4.69, 9.17) is 0 Å². The maximum absolute atomic E-state index is 13.1. The predicted octanol–water partition coefficient (Wildman–Crippen LogP) is 2.88. The zero-order valence-corrected chi connectivity index (χ0v) is 10.8. The Bertz CT molecular complexity index is 350. The first-order valence-corrected chi connectivity index (χ1v) is 6.10. The molecule has 0 bridgehead atoms. The molecule has 0 amide bonds. The van der Waals surface area contributed by atoms with Crippen LogP contribution in [0.3, 0.4) is 0 Å². The molecule has 17 heavy (non-hydrogen) atoms. The lowest BCUT2D eigenvalue weighted by atomic mass is 9.88. The SMILES string of the molecule is CCC(C)(CO)CNC(C)c1cccc(F)c1. The Balaban J connectivity index is 2.58. The average Bonchev–Trinajstić information content (AvgIpc) is 2.35. The van der Waals surface area contributed by atoms with Gasteiger partial charge in [-0.25, -0.2) is 4.39 Å². The lowest BCUT2D eigenvalue weighted by Gasteiger charge is -2.28. The molecule has 2 atom stereocenters. The van der Waals surface area contributed by atoms with Crippen LogP contribution in [0.15, 0.2) is 24.3 Å². The number of aliphatic hydroxyl groups is 1. The van der Waals surface area contributed by atoms with Gasteiger partial charge in [-0.15, -0.1) is 0 Å². The predicted molar refractivity (Wildman–Crippen MR) is 68.3 cm³/mol. The summed E-state index contributed by atoms with van der Waals surface area (Å²) in [5.41, 5.74) is 0.822. The molecule has 0 spiro atoms. The second-order valence-electron chi connectivity index (χ2n) is 4.98. The number of hydrogen-bond acceptors (Lipinski definition) is 2. The fraction of sp³-hybridized carbons (Fsp3) is 0.571. The number of benzene rings is 1. The van der Waals surface area contributed by atoms with E-state index in [1.165, 1.54) is 6.07 Å². The largest absolute Gasteiger partial charge is 0.396 e. The van der Waals surface area contributed by atoms with Crippen LogP contribution >= 0.6 is 0 Å². The molecule has 0 aromatic heterocycles. The van der Waals surface area contributed by atoms with Crippen molar-refractivity contribution in [3.05, 3.63) is 35.6 Å². The Labute approximate surface area is 103 Å². The third-order valence-electron chi connectivity index (χ3n) is 3.42. The molecule has 0 heterocycles. The van der Waals surface area contributed by atoms with Gasteiger partial charge in [0.25, 0.3) is 0 Å². The van der Waals surface area contributed by atoms with Crippen LogP contribution in [0, 0.1) is 11.2 Å². The van der Waals surface area contributed by atoms with Crippen LogP contribution in [-0.2, 0) is 0 Å². The summed E-state index contributed by atoms with van der Waals surface area (Å²) < 4.78 is 13.1. The molecule has 1 aromatic carbocycles. The minimum atomic E-state index is -0.212. The standard InChI is InChI=1S/C14H22FNO/c1-4-14(3,10-17)9-16-11(2)12-6-5-7-13(15)8-12/h5-8,11,16-17H,4,9-10H2,1-3H3. The van der Waals surface area contributed by atoms with E-state index in [0.717, 1.165) is 18.5 Å². The molecule has 0 saturated carbocycles. The molecule has 1 rings (SSSR count). The van der Waals surface area contributed by atoms with Crippen LogP contribution in [-0.4, -0.2) is 18.3 Å². The fourth-order valence-electron chi connectivity index (χ4n) is 1.59. The lowest BCUT2D eigenvalue weighted by Crippen LogP contribution is -2.35. The Kier molecular flexibility index (Phi) is 5.09. The third-order valence-corrected chi connectivity index (χ3v) is 3.42. The van der Waals surface area contributed by atoms with Gasteiger partial charge in [0.2, 0.25) is 0 Å². The summed E-state index contributed by atoms with van der Waals surface area (Å²) >= 11 is 0. The van der Waals surface area contributed by atoms with E-state index in [9.17, 15) is 9.50 Å². The topological polar surface area (TPSA) is 32.3 Å². The van der Waals surface area contributed by atoms with Crippen LogP contribution in [0.5, 0.6) is 0 Å². The van der Waals surface area contributed by atoms with Crippen molar-refractivity contribution in [1.82, 2.24) is 5.32 Å². The van der Waals surface area contributed by atoms with Gasteiger partial charge >= 0.3 is 0 Å². The summed E-state index contributed by atoms with van der Waals surface area (Å²) in [5, 5.41) is 12.7. The molecular formula is C14H22FNO. The van der Waals surface area contributed by atoms with Gasteiger partial charge in [0.05, 0.1) is 0 Å². The highest BCUT2D eigenvalue weighted by molar-refractivity contribution is 5.19. The first kappa shape index (κ1) is 14.1. The molecular weight excluding hydrogens is 217 g/mol. The lowest BCUT2D eigenvalue weighted by molar-refractivity contribution is 0.132. The van der Waals surface area contributed by atoms with Crippen molar-refractivity contribution in [3.8, 4) is 0 Å². The van der Waals surface area contributed by atoms with Gasteiger partial charge in [0.1, 0.15) is 5.82 Å². The molecule has 2 N–H and O–H groups in total. The van der Waals surface area contributed by atoms with Crippen LogP contribution < -0.4 is 5.32 Å².